The number of ether oxygens (including phenoxy) is 1. The first-order chi connectivity index (χ1) is 4.87. The van der Waals surface area contributed by atoms with Crippen molar-refractivity contribution < 1.29 is 9.53 Å². The lowest BCUT2D eigenvalue weighted by atomic mass is 10.2. The highest BCUT2D eigenvalue weighted by Gasteiger charge is 2.20. The van der Waals surface area contributed by atoms with E-state index in [0.717, 1.165) is 0 Å². The van der Waals surface area contributed by atoms with Gasteiger partial charge in [0.2, 0.25) is 0 Å². The number of nitrogens with one attached hydrogen (secondary N) is 1. The largest absolute Gasteiger partial charge is 0.459 e. The molecule has 0 amide bonds. The van der Waals surface area contributed by atoms with Crippen molar-refractivity contribution in [3.63, 3.8) is 0 Å². The molecule has 4 heteroatoms. The molecule has 0 spiro atoms. The molecule has 0 aliphatic heterocycles. The molecule has 66 valence electrons. The van der Waals surface area contributed by atoms with Crippen LogP contribution in [0.2, 0.25) is 0 Å². The predicted molar refractivity (Wildman–Crippen MR) is 44.3 cm³/mol. The van der Waals surface area contributed by atoms with Gasteiger partial charge in [0.15, 0.2) is 0 Å². The Kier molecular flexibility index (Phi) is 3.83. The van der Waals surface area contributed by atoms with Crippen molar-refractivity contribution in [1.29, 1.82) is 0 Å². The zero-order chi connectivity index (χ0) is 9.07. The van der Waals surface area contributed by atoms with E-state index < -0.39 is 11.6 Å². The molecule has 1 atom stereocenters. The van der Waals surface area contributed by atoms with E-state index >= 15 is 0 Å². The van der Waals surface area contributed by atoms with Gasteiger partial charge in [-0.25, -0.2) is 4.84 Å². The summed E-state index contributed by atoms with van der Waals surface area (Å²) in [6, 6.07) is -0.462. The van der Waals surface area contributed by atoms with Gasteiger partial charge < -0.3 is 4.74 Å². The average Bonchev–Trinajstić information content (AvgIpc) is 1.82. The number of carbonyl (C=O) groups is 1. The monoisotopic (exact) mass is 179 g/mol. The molecular weight excluding hydrogens is 166 g/mol. The van der Waals surface area contributed by atoms with Crippen LogP contribution in [0.1, 0.15) is 27.7 Å². The van der Waals surface area contributed by atoms with Crippen molar-refractivity contribution >= 4 is 17.7 Å². The Bertz CT molecular complexity index is 142. The summed E-state index contributed by atoms with van der Waals surface area (Å²) in [6.45, 7) is 7.07. The Balaban J connectivity index is 3.88. The van der Waals surface area contributed by atoms with Gasteiger partial charge in [0, 0.05) is 0 Å². The molecule has 0 heterocycles. The van der Waals surface area contributed by atoms with Crippen molar-refractivity contribution in [2.75, 3.05) is 0 Å². The quantitative estimate of drug-likeness (QED) is 0.515. The minimum atomic E-state index is -0.462. The van der Waals surface area contributed by atoms with Gasteiger partial charge in [-0.1, -0.05) is 0 Å². The van der Waals surface area contributed by atoms with Crippen molar-refractivity contribution in [3.8, 4) is 0 Å². The molecule has 0 aromatic rings. The minimum absolute atomic E-state index is 0.340. The van der Waals surface area contributed by atoms with Crippen LogP contribution >= 0.6 is 11.8 Å². The third-order valence-corrected chi connectivity index (χ3v) is 1.25. The maximum atomic E-state index is 11.0. The van der Waals surface area contributed by atoms with Crippen LogP contribution in [0.25, 0.3) is 0 Å². The van der Waals surface area contributed by atoms with Crippen LogP contribution in [0.15, 0.2) is 0 Å². The highest BCUT2D eigenvalue weighted by atomic mass is 35.5. The number of carbonyl (C=O) groups excluding carboxylic acids is 1. The number of hydrogen-bond acceptors (Lipinski definition) is 3. The molecule has 0 radical (unpaired) electrons. The van der Waals surface area contributed by atoms with Crippen molar-refractivity contribution in [2.24, 2.45) is 0 Å². The van der Waals surface area contributed by atoms with E-state index in [1.807, 2.05) is 20.8 Å². The molecule has 0 rings (SSSR count). The topological polar surface area (TPSA) is 38.3 Å². The fourth-order valence-electron chi connectivity index (χ4n) is 0.435. The fourth-order valence-corrected chi connectivity index (χ4v) is 0.524. The molecule has 0 saturated heterocycles. The van der Waals surface area contributed by atoms with E-state index in [-0.39, 0.29) is 5.97 Å². The summed E-state index contributed by atoms with van der Waals surface area (Å²) in [6.07, 6.45) is 0. The number of rotatable bonds is 2. The standard InChI is InChI=1S/C7H14ClNO2/c1-5(9-8)6(10)11-7(2,3)4/h5,9H,1-4H3/t5-/m0/s1. The Labute approximate surface area is 72.2 Å². The molecule has 0 saturated carbocycles. The number of halogens is 1. The normalized spacial score (nSPS) is 14.3. The second-order valence-electron chi connectivity index (χ2n) is 3.36. The van der Waals surface area contributed by atoms with E-state index in [1.165, 1.54) is 0 Å². The first-order valence-corrected chi connectivity index (χ1v) is 3.83. The van der Waals surface area contributed by atoms with E-state index in [0.29, 0.717) is 0 Å². The van der Waals surface area contributed by atoms with Crippen LogP contribution in [0.5, 0.6) is 0 Å². The molecule has 11 heavy (non-hydrogen) atoms. The molecule has 0 fully saturated rings. The smallest absolute Gasteiger partial charge is 0.324 e. The van der Waals surface area contributed by atoms with Crippen molar-refractivity contribution in [3.05, 3.63) is 0 Å². The third-order valence-electron chi connectivity index (χ3n) is 0.924. The van der Waals surface area contributed by atoms with E-state index in [2.05, 4.69) is 4.84 Å². The molecule has 1 N–H and O–H groups in total. The molecule has 0 aliphatic carbocycles. The van der Waals surface area contributed by atoms with Gasteiger partial charge >= 0.3 is 5.97 Å². The zero-order valence-electron chi connectivity index (χ0n) is 7.27. The summed E-state index contributed by atoms with van der Waals surface area (Å²) in [7, 11) is 0. The summed E-state index contributed by atoms with van der Waals surface area (Å²) < 4.78 is 5.00. The van der Waals surface area contributed by atoms with Gasteiger partial charge in [-0.05, 0) is 39.5 Å². The third kappa shape index (κ3) is 5.04. The van der Waals surface area contributed by atoms with Crippen molar-refractivity contribution in [2.45, 2.75) is 39.3 Å². The Morgan fingerprint density at radius 1 is 1.55 bits per heavy atom. The van der Waals surface area contributed by atoms with Gasteiger partial charge in [-0.3, -0.25) is 4.79 Å². The van der Waals surface area contributed by atoms with Gasteiger partial charge in [0.05, 0.1) is 0 Å². The van der Waals surface area contributed by atoms with E-state index in [4.69, 9.17) is 16.5 Å². The molecule has 0 aliphatic rings. The van der Waals surface area contributed by atoms with Gasteiger partial charge in [-0.2, -0.15) is 0 Å². The second kappa shape index (κ2) is 3.93. The van der Waals surface area contributed by atoms with Crippen LogP contribution in [0, 0.1) is 0 Å². The van der Waals surface area contributed by atoms with Gasteiger partial charge in [0.25, 0.3) is 0 Å². The summed E-state index contributed by atoms with van der Waals surface area (Å²) in [4.78, 5) is 13.3. The second-order valence-corrected chi connectivity index (χ2v) is 3.58. The molecule has 0 bridgehead atoms. The Morgan fingerprint density at radius 2 is 2.00 bits per heavy atom. The molecule has 3 nitrogen and oxygen atoms in total. The summed E-state index contributed by atoms with van der Waals surface area (Å²) >= 11 is 5.22. The van der Waals surface area contributed by atoms with Gasteiger partial charge in [0.1, 0.15) is 11.6 Å². The first-order valence-electron chi connectivity index (χ1n) is 3.46. The van der Waals surface area contributed by atoms with Crippen LogP contribution in [0.4, 0.5) is 0 Å². The Hall–Kier alpha value is -0.280. The Morgan fingerprint density at radius 3 is 2.27 bits per heavy atom. The average molecular weight is 180 g/mol. The lowest BCUT2D eigenvalue weighted by Gasteiger charge is -2.21. The molecule has 0 aromatic carbocycles. The predicted octanol–water partition coefficient (Wildman–Crippen LogP) is 1.46. The lowest BCUT2D eigenvalue weighted by molar-refractivity contribution is -0.156. The zero-order valence-corrected chi connectivity index (χ0v) is 8.03. The first kappa shape index (κ1) is 10.7. The van der Waals surface area contributed by atoms with Gasteiger partial charge in [-0.15, -0.1) is 0 Å². The summed E-state index contributed by atoms with van der Waals surface area (Å²) in [5, 5.41) is 0. The molecule has 0 aromatic heterocycles. The SMILES string of the molecule is C[C@H](NCl)C(=O)OC(C)(C)C. The summed E-state index contributed by atoms with van der Waals surface area (Å²) in [5.74, 6) is -0.340. The fraction of sp³-hybridized carbons (Fsp3) is 0.857. The maximum Gasteiger partial charge on any atom is 0.324 e. The maximum absolute atomic E-state index is 11.0. The highest BCUT2D eigenvalue weighted by molar-refractivity contribution is 6.14. The number of hydrogen-bond donors (Lipinski definition) is 1. The minimum Gasteiger partial charge on any atom is -0.459 e. The van der Waals surface area contributed by atoms with Crippen LogP contribution in [-0.2, 0) is 9.53 Å². The van der Waals surface area contributed by atoms with Crippen molar-refractivity contribution in [1.82, 2.24) is 4.84 Å². The van der Waals surface area contributed by atoms with Crippen LogP contribution < -0.4 is 4.84 Å². The lowest BCUT2D eigenvalue weighted by Crippen LogP contribution is -2.35. The van der Waals surface area contributed by atoms with E-state index in [1.54, 1.807) is 6.92 Å². The summed E-state index contributed by atoms with van der Waals surface area (Å²) in [5.41, 5.74) is -0.445. The van der Waals surface area contributed by atoms with E-state index in [9.17, 15) is 4.79 Å². The molecule has 0 unspecified atom stereocenters. The number of esters is 1. The molecular formula is C7H14ClNO2. The van der Waals surface area contributed by atoms with Crippen LogP contribution in [-0.4, -0.2) is 17.6 Å². The van der Waals surface area contributed by atoms with Crippen LogP contribution in [0.3, 0.4) is 0 Å². The highest BCUT2D eigenvalue weighted by Crippen LogP contribution is 2.08.